The molecule has 9 N–H and O–H groups in total. The molecule has 234 valence electrons. The zero-order valence-electron chi connectivity index (χ0n) is 22.3. The summed E-state index contributed by atoms with van der Waals surface area (Å²) in [5.74, 6) is -4.08. The first kappa shape index (κ1) is 32.9. The molecule has 43 heavy (non-hydrogen) atoms. The van der Waals surface area contributed by atoms with Crippen LogP contribution < -0.4 is 31.6 Å². The first-order valence-corrected chi connectivity index (χ1v) is 12.7. The molecule has 1 aromatic heterocycles. The van der Waals surface area contributed by atoms with Gasteiger partial charge in [-0.25, -0.2) is 4.79 Å². The van der Waals surface area contributed by atoms with Crippen LogP contribution in [0.25, 0.3) is 11.0 Å². The van der Waals surface area contributed by atoms with Gasteiger partial charge in [-0.05, 0) is 17.7 Å². The second kappa shape index (κ2) is 15.0. The number of rotatable bonds is 13. The van der Waals surface area contributed by atoms with E-state index in [1.54, 1.807) is 0 Å². The van der Waals surface area contributed by atoms with Gasteiger partial charge in [-0.3, -0.25) is 24.0 Å². The second-order valence-corrected chi connectivity index (χ2v) is 9.24. The van der Waals surface area contributed by atoms with Gasteiger partial charge >= 0.3 is 11.6 Å². The molecule has 2 heterocycles. The monoisotopic (exact) mass is 610 g/mol. The fourth-order valence-electron chi connectivity index (χ4n) is 3.86. The van der Waals surface area contributed by atoms with Crippen LogP contribution in [-0.4, -0.2) is 119 Å². The van der Waals surface area contributed by atoms with Crippen LogP contribution in [0.1, 0.15) is 5.56 Å². The molecule has 4 amide bonds. The van der Waals surface area contributed by atoms with E-state index in [0.717, 1.165) is 6.07 Å². The lowest BCUT2D eigenvalue weighted by Crippen LogP contribution is -2.60. The molecule has 1 aliphatic rings. The minimum Gasteiger partial charge on any atom is -0.480 e. The zero-order chi connectivity index (χ0) is 31.7. The van der Waals surface area contributed by atoms with Gasteiger partial charge in [0.1, 0.15) is 42.3 Å². The van der Waals surface area contributed by atoms with Crippen molar-refractivity contribution in [3.8, 4) is 5.75 Å². The van der Waals surface area contributed by atoms with Crippen LogP contribution in [-0.2, 0) is 35.1 Å². The molecule has 5 atom stereocenters. The third kappa shape index (κ3) is 9.45. The van der Waals surface area contributed by atoms with E-state index in [-0.39, 0.29) is 23.3 Å². The number of nitrogens with one attached hydrogen (secondary N) is 4. The van der Waals surface area contributed by atoms with Crippen LogP contribution in [0.2, 0.25) is 0 Å². The lowest BCUT2D eigenvalue weighted by atomic mass is 9.99. The van der Waals surface area contributed by atoms with Crippen molar-refractivity contribution in [2.75, 3.05) is 32.8 Å². The summed E-state index contributed by atoms with van der Waals surface area (Å²) >= 11 is 0. The Hall–Kier alpha value is -4.62. The van der Waals surface area contributed by atoms with Crippen molar-refractivity contribution in [3.63, 3.8) is 0 Å². The summed E-state index contributed by atoms with van der Waals surface area (Å²) in [4.78, 5) is 70.1. The molecule has 0 spiro atoms. The summed E-state index contributed by atoms with van der Waals surface area (Å²) < 4.78 is 16.0. The van der Waals surface area contributed by atoms with Crippen LogP contribution >= 0.6 is 0 Å². The Morgan fingerprint density at radius 1 is 0.791 bits per heavy atom. The topological polar surface area (TPSA) is 283 Å². The third-order valence-electron chi connectivity index (χ3n) is 6.03. The maximum atomic E-state index is 12.5. The van der Waals surface area contributed by atoms with Crippen molar-refractivity contribution in [3.05, 3.63) is 40.2 Å². The van der Waals surface area contributed by atoms with Crippen molar-refractivity contribution in [2.24, 2.45) is 0 Å². The fourth-order valence-corrected chi connectivity index (χ4v) is 3.86. The standard InChI is InChI=1S/C25H30N4O14/c30-10-15-22(38)23(39)24(40)25(43-15)41-12-1-2-13-11(4-21(37)42-14(13)5-12)3-16(31)26-6-17(32)27-7-18(33)28-8-19(34)29-9-20(35)36/h1-2,4-5,15,22-25,30,38-40H,3,6-10H2,(H,26,31)(H,27,32)(H,28,33)(H,29,34)(H,35,36)/t15?,22-,23?,24?,25+/m0/s1. The molecular formula is C25H30N4O14. The smallest absolute Gasteiger partial charge is 0.336 e. The first-order chi connectivity index (χ1) is 20.4. The number of carbonyl (C=O) groups is 5. The van der Waals surface area contributed by atoms with Gasteiger partial charge in [0.2, 0.25) is 29.9 Å². The highest BCUT2D eigenvalue weighted by Gasteiger charge is 2.44. The minimum absolute atomic E-state index is 0.00205. The van der Waals surface area contributed by atoms with E-state index in [4.69, 9.17) is 19.0 Å². The molecule has 1 fully saturated rings. The molecule has 0 saturated carbocycles. The molecular weight excluding hydrogens is 580 g/mol. The largest absolute Gasteiger partial charge is 0.480 e. The number of carboxylic acid groups (broad SMARTS) is 1. The van der Waals surface area contributed by atoms with Gasteiger partial charge < -0.3 is 60.7 Å². The molecule has 18 nitrogen and oxygen atoms in total. The van der Waals surface area contributed by atoms with Crippen LogP contribution in [0.15, 0.2) is 33.5 Å². The molecule has 3 rings (SSSR count). The number of aliphatic hydroxyl groups is 4. The SMILES string of the molecule is O=C(O)CNC(=O)CNC(=O)CNC(=O)CNC(=O)Cc1cc(=O)oc2cc(O[C@@H]3OC(CO)[C@H](O)C(O)C3O)ccc12. The summed E-state index contributed by atoms with van der Waals surface area (Å²) in [6.45, 7) is -2.80. The highest BCUT2D eigenvalue weighted by Crippen LogP contribution is 2.27. The van der Waals surface area contributed by atoms with E-state index in [9.17, 15) is 49.2 Å². The predicted molar refractivity (Wildman–Crippen MR) is 140 cm³/mol. The molecule has 0 radical (unpaired) electrons. The van der Waals surface area contributed by atoms with Crippen molar-refractivity contribution in [2.45, 2.75) is 37.1 Å². The molecule has 1 aromatic carbocycles. The van der Waals surface area contributed by atoms with Crippen LogP contribution in [0.4, 0.5) is 0 Å². The van der Waals surface area contributed by atoms with E-state index < -0.39 is 98.7 Å². The van der Waals surface area contributed by atoms with Crippen LogP contribution in [0.5, 0.6) is 5.75 Å². The zero-order valence-corrected chi connectivity index (χ0v) is 22.3. The lowest BCUT2D eigenvalue weighted by Gasteiger charge is -2.39. The molecule has 3 unspecified atom stereocenters. The summed E-state index contributed by atoms with van der Waals surface area (Å²) in [7, 11) is 0. The number of aliphatic hydroxyl groups excluding tert-OH is 4. The minimum atomic E-state index is -1.67. The Bertz CT molecular complexity index is 1410. The Morgan fingerprint density at radius 3 is 1.95 bits per heavy atom. The predicted octanol–water partition coefficient (Wildman–Crippen LogP) is -4.94. The Labute approximate surface area is 241 Å². The number of hydrogen-bond acceptors (Lipinski definition) is 13. The lowest BCUT2D eigenvalue weighted by molar-refractivity contribution is -0.277. The highest BCUT2D eigenvalue weighted by molar-refractivity contribution is 5.92. The second-order valence-electron chi connectivity index (χ2n) is 9.24. The Balaban J connectivity index is 1.52. The van der Waals surface area contributed by atoms with E-state index in [2.05, 4.69) is 16.0 Å². The third-order valence-corrected chi connectivity index (χ3v) is 6.03. The fraction of sp³-hybridized carbons (Fsp3) is 0.440. The van der Waals surface area contributed by atoms with Crippen molar-refractivity contribution < 1.29 is 63.4 Å². The Morgan fingerprint density at radius 2 is 1.37 bits per heavy atom. The van der Waals surface area contributed by atoms with Gasteiger partial charge in [0, 0.05) is 17.5 Å². The molecule has 0 aliphatic carbocycles. The van der Waals surface area contributed by atoms with Gasteiger partial charge in [-0.1, -0.05) is 0 Å². The molecule has 1 aliphatic heterocycles. The quantitative estimate of drug-likeness (QED) is 0.0961. The van der Waals surface area contributed by atoms with Gasteiger partial charge in [-0.2, -0.15) is 0 Å². The van der Waals surface area contributed by atoms with Crippen molar-refractivity contribution in [1.82, 2.24) is 21.3 Å². The summed E-state index contributed by atoms with van der Waals surface area (Å²) in [5, 5.41) is 56.9. The number of hydrogen-bond donors (Lipinski definition) is 9. The van der Waals surface area contributed by atoms with E-state index >= 15 is 0 Å². The van der Waals surface area contributed by atoms with Gasteiger partial charge in [0.25, 0.3) is 0 Å². The Kier molecular flexibility index (Phi) is 11.5. The molecule has 0 bridgehead atoms. The number of amides is 4. The summed E-state index contributed by atoms with van der Waals surface area (Å²) in [6.07, 6.45) is -7.92. The molecule has 1 saturated heterocycles. The number of fused-ring (bicyclic) bond motifs is 1. The number of benzene rings is 1. The highest BCUT2D eigenvalue weighted by atomic mass is 16.7. The van der Waals surface area contributed by atoms with Crippen molar-refractivity contribution in [1.29, 1.82) is 0 Å². The van der Waals surface area contributed by atoms with Crippen LogP contribution in [0.3, 0.4) is 0 Å². The number of ether oxygens (including phenoxy) is 2. The van der Waals surface area contributed by atoms with E-state index in [0.29, 0.717) is 5.39 Å². The average molecular weight is 611 g/mol. The first-order valence-electron chi connectivity index (χ1n) is 12.7. The number of carbonyl (C=O) groups excluding carboxylic acids is 4. The average Bonchev–Trinajstić information content (AvgIpc) is 2.96. The van der Waals surface area contributed by atoms with E-state index in [1.807, 2.05) is 5.32 Å². The molecule has 2 aromatic rings. The normalized spacial score (nSPS) is 21.4. The number of aliphatic carboxylic acids is 1. The van der Waals surface area contributed by atoms with Gasteiger partial charge in [0.05, 0.1) is 32.7 Å². The maximum absolute atomic E-state index is 12.5. The summed E-state index contributed by atoms with van der Waals surface area (Å²) in [6, 6.07) is 5.21. The maximum Gasteiger partial charge on any atom is 0.336 e. The van der Waals surface area contributed by atoms with Crippen LogP contribution in [0, 0.1) is 0 Å². The molecule has 18 heteroatoms. The van der Waals surface area contributed by atoms with Gasteiger partial charge in [0.15, 0.2) is 0 Å². The van der Waals surface area contributed by atoms with Gasteiger partial charge in [-0.15, -0.1) is 0 Å². The van der Waals surface area contributed by atoms with E-state index in [1.165, 1.54) is 18.2 Å². The summed E-state index contributed by atoms with van der Waals surface area (Å²) in [5.41, 5.74) is -0.567. The number of carboxylic acids is 1. The van der Waals surface area contributed by atoms with Crippen molar-refractivity contribution >= 4 is 40.6 Å².